The van der Waals surface area contributed by atoms with Crippen LogP contribution in [-0.2, 0) is 11.0 Å². The van der Waals surface area contributed by atoms with E-state index in [1.165, 1.54) is 29.2 Å². The van der Waals surface area contributed by atoms with Gasteiger partial charge in [0.25, 0.3) is 5.91 Å². The normalized spacial score (nSPS) is 17.2. The quantitative estimate of drug-likeness (QED) is 0.518. The maximum Gasteiger partial charge on any atom is 0.433 e. The number of alkyl halides is 3. The molecule has 5 rings (SSSR count). The molecule has 0 atom stereocenters. The maximum atomic E-state index is 14.1. The van der Waals surface area contributed by atoms with Gasteiger partial charge in [-0.05, 0) is 48.6 Å². The molecule has 6 nitrogen and oxygen atoms in total. The minimum absolute atomic E-state index is 0.00643. The molecule has 2 aliphatic rings. The van der Waals surface area contributed by atoms with Gasteiger partial charge in [-0.3, -0.25) is 9.59 Å². The number of carbonyl (C=O) groups is 2. The first-order chi connectivity index (χ1) is 15.6. The van der Waals surface area contributed by atoms with Gasteiger partial charge in [-0.1, -0.05) is 23.7 Å². The second kappa shape index (κ2) is 7.72. The Hall–Kier alpha value is -3.14. The molecular formula is C22H17ClF4N4O2. The van der Waals surface area contributed by atoms with E-state index in [4.69, 9.17) is 11.6 Å². The van der Waals surface area contributed by atoms with Gasteiger partial charge in [-0.15, -0.1) is 0 Å². The largest absolute Gasteiger partial charge is 0.433 e. The minimum atomic E-state index is -4.69. The number of benzene rings is 1. The van der Waals surface area contributed by atoms with Gasteiger partial charge in [0.2, 0.25) is 5.91 Å². The van der Waals surface area contributed by atoms with Crippen LogP contribution in [0, 0.1) is 5.82 Å². The van der Waals surface area contributed by atoms with Crippen molar-refractivity contribution >= 4 is 34.6 Å². The van der Waals surface area contributed by atoms with Crippen LogP contribution in [0.25, 0.3) is 5.52 Å². The van der Waals surface area contributed by atoms with Crippen molar-refractivity contribution in [3.05, 3.63) is 64.2 Å². The molecule has 0 radical (unpaired) electrons. The Morgan fingerprint density at radius 1 is 1.12 bits per heavy atom. The standard InChI is InChI=1S/C22H17ClF4N4O2/c23-19-16-9-13(12-5-6-12)10-17(22(25,26)27)31(16)28-20(19)21(33)29-7-8-30(18(32)11-29)15-4-2-1-3-14(15)24/h1-4,9-10,12H,5-8,11H2. The van der Waals surface area contributed by atoms with Gasteiger partial charge >= 0.3 is 6.18 Å². The number of halogens is 5. The van der Waals surface area contributed by atoms with Crippen molar-refractivity contribution in [2.75, 3.05) is 24.5 Å². The van der Waals surface area contributed by atoms with Crippen LogP contribution in [0.4, 0.5) is 23.2 Å². The second-order valence-corrected chi connectivity index (χ2v) is 8.51. The summed E-state index contributed by atoms with van der Waals surface area (Å²) in [7, 11) is 0. The summed E-state index contributed by atoms with van der Waals surface area (Å²) in [5.74, 6) is -1.82. The third kappa shape index (κ3) is 3.82. The highest BCUT2D eigenvalue weighted by molar-refractivity contribution is 6.36. The lowest BCUT2D eigenvalue weighted by Gasteiger charge is -2.34. The lowest BCUT2D eigenvalue weighted by Crippen LogP contribution is -2.52. The van der Waals surface area contributed by atoms with E-state index in [1.54, 1.807) is 6.07 Å². The third-order valence-electron chi connectivity index (χ3n) is 5.89. The van der Waals surface area contributed by atoms with Crippen molar-refractivity contribution in [3.63, 3.8) is 0 Å². The number of fused-ring (bicyclic) bond motifs is 1. The summed E-state index contributed by atoms with van der Waals surface area (Å²) in [5, 5.41) is 3.68. The molecule has 1 saturated carbocycles. The van der Waals surface area contributed by atoms with Gasteiger partial charge in [0.1, 0.15) is 18.1 Å². The molecule has 33 heavy (non-hydrogen) atoms. The maximum absolute atomic E-state index is 14.1. The Balaban J connectivity index is 1.46. The fourth-order valence-electron chi connectivity index (χ4n) is 4.05. The van der Waals surface area contributed by atoms with Gasteiger partial charge in [0.15, 0.2) is 5.69 Å². The van der Waals surface area contributed by atoms with Crippen molar-refractivity contribution in [1.29, 1.82) is 0 Å². The summed E-state index contributed by atoms with van der Waals surface area (Å²) >= 11 is 6.33. The van der Waals surface area contributed by atoms with Crippen LogP contribution in [-0.4, -0.2) is 46.0 Å². The number of aromatic nitrogens is 2. The number of nitrogens with zero attached hydrogens (tertiary/aromatic N) is 4. The number of amides is 2. The summed E-state index contributed by atoms with van der Waals surface area (Å²) < 4.78 is 55.8. The van der Waals surface area contributed by atoms with Crippen molar-refractivity contribution in [2.24, 2.45) is 0 Å². The molecule has 2 aromatic heterocycles. The van der Waals surface area contributed by atoms with E-state index in [9.17, 15) is 27.2 Å². The topological polar surface area (TPSA) is 57.9 Å². The lowest BCUT2D eigenvalue weighted by atomic mass is 10.1. The molecule has 0 unspecified atom stereocenters. The first kappa shape index (κ1) is 21.7. The van der Waals surface area contributed by atoms with Crippen molar-refractivity contribution in [1.82, 2.24) is 14.5 Å². The number of para-hydroxylation sites is 1. The molecule has 1 aromatic carbocycles. The Morgan fingerprint density at radius 2 is 1.85 bits per heavy atom. The minimum Gasteiger partial charge on any atom is -0.326 e. The molecule has 11 heteroatoms. The van der Waals surface area contributed by atoms with E-state index in [0.717, 1.165) is 23.8 Å². The van der Waals surface area contributed by atoms with Crippen LogP contribution in [0.2, 0.25) is 5.02 Å². The van der Waals surface area contributed by atoms with Crippen LogP contribution >= 0.6 is 11.6 Å². The summed E-state index contributed by atoms with van der Waals surface area (Å²) in [6.45, 7) is -0.310. The molecular weight excluding hydrogens is 464 g/mol. The van der Waals surface area contributed by atoms with Crippen molar-refractivity contribution in [3.8, 4) is 0 Å². The third-order valence-corrected chi connectivity index (χ3v) is 6.26. The number of carbonyl (C=O) groups excluding carboxylic acids is 2. The predicted octanol–water partition coefficient (Wildman–Crippen LogP) is 4.51. The fourth-order valence-corrected chi connectivity index (χ4v) is 4.30. The number of pyridine rings is 1. The van der Waals surface area contributed by atoms with E-state index in [2.05, 4.69) is 5.10 Å². The summed E-state index contributed by atoms with van der Waals surface area (Å²) in [6, 6.07) is 8.34. The SMILES string of the molecule is O=C(c1nn2c(C(F)(F)F)cc(C3CC3)cc2c1Cl)N1CCN(c2ccccc2F)C(=O)C1. The molecule has 1 aliphatic carbocycles. The van der Waals surface area contributed by atoms with Gasteiger partial charge in [-0.25, -0.2) is 8.91 Å². The van der Waals surface area contributed by atoms with Crippen molar-refractivity contribution < 1.29 is 27.2 Å². The van der Waals surface area contributed by atoms with Crippen LogP contribution in [0.15, 0.2) is 36.4 Å². The Kier molecular flexibility index (Phi) is 5.08. The molecule has 0 spiro atoms. The van der Waals surface area contributed by atoms with Crippen LogP contribution in [0.3, 0.4) is 0 Å². The molecule has 1 aliphatic heterocycles. The smallest absolute Gasteiger partial charge is 0.326 e. The first-order valence-electron chi connectivity index (χ1n) is 10.3. The van der Waals surface area contributed by atoms with E-state index in [1.807, 2.05) is 0 Å². The first-order valence-corrected chi connectivity index (χ1v) is 10.7. The zero-order chi connectivity index (χ0) is 23.5. The molecule has 1 saturated heterocycles. The van der Waals surface area contributed by atoms with Gasteiger partial charge in [0, 0.05) is 13.1 Å². The highest BCUT2D eigenvalue weighted by atomic mass is 35.5. The average Bonchev–Trinajstić information content (AvgIpc) is 3.57. The lowest BCUT2D eigenvalue weighted by molar-refractivity contribution is -0.142. The molecule has 2 fully saturated rings. The molecule has 172 valence electrons. The van der Waals surface area contributed by atoms with Crippen molar-refractivity contribution in [2.45, 2.75) is 24.9 Å². The highest BCUT2D eigenvalue weighted by Gasteiger charge is 2.38. The molecule has 2 amide bonds. The number of hydrogen-bond donors (Lipinski definition) is 0. The predicted molar refractivity (Wildman–Crippen MR) is 112 cm³/mol. The Bertz CT molecular complexity index is 1290. The van der Waals surface area contributed by atoms with Crippen LogP contribution < -0.4 is 4.90 Å². The number of piperazine rings is 1. The molecule has 3 heterocycles. The summed E-state index contributed by atoms with van der Waals surface area (Å²) in [5.41, 5.74) is -0.772. The Morgan fingerprint density at radius 3 is 2.48 bits per heavy atom. The highest BCUT2D eigenvalue weighted by Crippen LogP contribution is 2.43. The summed E-state index contributed by atoms with van der Waals surface area (Å²) in [4.78, 5) is 28.1. The molecule has 0 bridgehead atoms. The molecule has 0 N–H and O–H groups in total. The monoisotopic (exact) mass is 480 g/mol. The van der Waals surface area contributed by atoms with Crippen LogP contribution in [0.5, 0.6) is 0 Å². The van der Waals surface area contributed by atoms with E-state index >= 15 is 0 Å². The van der Waals surface area contributed by atoms with Gasteiger partial charge in [-0.2, -0.15) is 18.3 Å². The van der Waals surface area contributed by atoms with Crippen LogP contribution in [0.1, 0.15) is 40.5 Å². The second-order valence-electron chi connectivity index (χ2n) is 8.13. The molecule has 3 aromatic rings. The van der Waals surface area contributed by atoms with Gasteiger partial charge < -0.3 is 9.80 Å². The van der Waals surface area contributed by atoms with Gasteiger partial charge in [0.05, 0.1) is 16.2 Å². The Labute approximate surface area is 190 Å². The van der Waals surface area contributed by atoms with E-state index < -0.39 is 29.5 Å². The number of anilines is 1. The van der Waals surface area contributed by atoms with E-state index in [-0.39, 0.29) is 47.5 Å². The summed E-state index contributed by atoms with van der Waals surface area (Å²) in [6.07, 6.45) is -3.11. The number of hydrogen-bond acceptors (Lipinski definition) is 3. The number of rotatable bonds is 3. The average molecular weight is 481 g/mol. The fraction of sp³-hybridized carbons (Fsp3) is 0.318. The zero-order valence-electron chi connectivity index (χ0n) is 17.1. The zero-order valence-corrected chi connectivity index (χ0v) is 17.8. The van der Waals surface area contributed by atoms with E-state index in [0.29, 0.717) is 10.1 Å².